The summed E-state index contributed by atoms with van der Waals surface area (Å²) in [5.74, 6) is 0.444. The van der Waals surface area contributed by atoms with Gasteiger partial charge in [-0.15, -0.1) is 0 Å². The highest BCUT2D eigenvalue weighted by molar-refractivity contribution is 5.92. The topological polar surface area (TPSA) is 85.4 Å². The van der Waals surface area contributed by atoms with Crippen molar-refractivity contribution in [3.63, 3.8) is 0 Å². The van der Waals surface area contributed by atoms with Gasteiger partial charge in [-0.1, -0.05) is 0 Å². The highest BCUT2D eigenvalue weighted by atomic mass is 16.5. The molecule has 0 bridgehead atoms. The molecule has 1 aromatic rings. The van der Waals surface area contributed by atoms with E-state index in [1.807, 2.05) is 0 Å². The number of ether oxygens (including phenoxy) is 1. The van der Waals surface area contributed by atoms with E-state index >= 15 is 0 Å². The first-order chi connectivity index (χ1) is 8.69. The predicted octanol–water partition coefficient (Wildman–Crippen LogP) is 1.11. The number of amides is 1. The van der Waals surface area contributed by atoms with Gasteiger partial charge in [0.15, 0.2) is 0 Å². The van der Waals surface area contributed by atoms with Crippen LogP contribution in [0.2, 0.25) is 0 Å². The van der Waals surface area contributed by atoms with Gasteiger partial charge in [0.05, 0.1) is 5.56 Å². The van der Waals surface area contributed by atoms with Crippen LogP contribution in [0.3, 0.4) is 0 Å². The van der Waals surface area contributed by atoms with Crippen molar-refractivity contribution in [1.29, 1.82) is 0 Å². The van der Waals surface area contributed by atoms with E-state index in [9.17, 15) is 4.79 Å². The predicted molar refractivity (Wildman–Crippen MR) is 66.2 cm³/mol. The lowest BCUT2D eigenvalue weighted by atomic mass is 9.88. The van der Waals surface area contributed by atoms with Crippen LogP contribution < -0.4 is 10.5 Å². The van der Waals surface area contributed by atoms with E-state index in [2.05, 4.69) is 4.98 Å². The molecule has 1 saturated carbocycles. The molecule has 0 atom stereocenters. The standard InChI is InChI=1S/C13H18N2O3/c14-13(17)10-3-6-12(15-7-10)18-11-4-1-9(8-16)2-5-11/h3,6-7,9,11,16H,1-2,4-5,8H2,(H2,14,17). The van der Waals surface area contributed by atoms with Gasteiger partial charge >= 0.3 is 0 Å². The molecule has 1 aliphatic carbocycles. The first kappa shape index (κ1) is 12.8. The monoisotopic (exact) mass is 250 g/mol. The Labute approximate surface area is 106 Å². The van der Waals surface area contributed by atoms with Gasteiger partial charge in [-0.3, -0.25) is 4.79 Å². The molecule has 1 heterocycles. The SMILES string of the molecule is NC(=O)c1ccc(OC2CCC(CO)CC2)nc1. The Morgan fingerprint density at radius 2 is 2.11 bits per heavy atom. The van der Waals surface area contributed by atoms with Crippen LogP contribution in [0.15, 0.2) is 18.3 Å². The van der Waals surface area contributed by atoms with Gasteiger partial charge in [0.1, 0.15) is 6.10 Å². The molecule has 0 aliphatic heterocycles. The summed E-state index contributed by atoms with van der Waals surface area (Å²) in [4.78, 5) is 14.9. The normalized spacial score (nSPS) is 23.6. The lowest BCUT2D eigenvalue weighted by Gasteiger charge is -2.27. The summed E-state index contributed by atoms with van der Waals surface area (Å²) in [5, 5.41) is 9.05. The number of rotatable bonds is 4. The molecule has 1 aromatic heterocycles. The molecule has 3 N–H and O–H groups in total. The summed E-state index contributed by atoms with van der Waals surface area (Å²) in [5.41, 5.74) is 5.52. The summed E-state index contributed by atoms with van der Waals surface area (Å²) in [6.45, 7) is 0.262. The molecule has 1 amide bonds. The van der Waals surface area contributed by atoms with E-state index in [1.54, 1.807) is 12.1 Å². The van der Waals surface area contributed by atoms with Crippen molar-refractivity contribution in [2.45, 2.75) is 31.8 Å². The number of aliphatic hydroxyl groups is 1. The van der Waals surface area contributed by atoms with Crippen LogP contribution in [-0.4, -0.2) is 28.7 Å². The van der Waals surface area contributed by atoms with Crippen molar-refractivity contribution < 1.29 is 14.6 Å². The second kappa shape index (κ2) is 5.82. The van der Waals surface area contributed by atoms with Crippen LogP contribution in [0.4, 0.5) is 0 Å². The summed E-state index contributed by atoms with van der Waals surface area (Å²) >= 11 is 0. The van der Waals surface area contributed by atoms with Gasteiger partial charge in [-0.2, -0.15) is 0 Å². The summed E-state index contributed by atoms with van der Waals surface area (Å²) in [6.07, 6.45) is 5.42. The molecule has 0 spiro atoms. The van der Waals surface area contributed by atoms with Gasteiger partial charge < -0.3 is 15.6 Å². The minimum absolute atomic E-state index is 0.153. The van der Waals surface area contributed by atoms with Crippen molar-refractivity contribution in [2.75, 3.05) is 6.61 Å². The molecule has 1 fully saturated rings. The maximum Gasteiger partial charge on any atom is 0.250 e. The van der Waals surface area contributed by atoms with Crippen LogP contribution in [0.5, 0.6) is 5.88 Å². The van der Waals surface area contributed by atoms with Crippen molar-refractivity contribution in [3.05, 3.63) is 23.9 Å². The Kier molecular flexibility index (Phi) is 4.15. The molecular weight excluding hydrogens is 232 g/mol. The number of primary amides is 1. The van der Waals surface area contributed by atoms with Crippen LogP contribution in [0.25, 0.3) is 0 Å². The zero-order chi connectivity index (χ0) is 13.0. The van der Waals surface area contributed by atoms with Gasteiger partial charge in [-0.25, -0.2) is 4.98 Å². The quantitative estimate of drug-likeness (QED) is 0.838. The third-order valence-electron chi connectivity index (χ3n) is 3.36. The fourth-order valence-electron chi connectivity index (χ4n) is 2.20. The first-order valence-corrected chi connectivity index (χ1v) is 6.22. The number of carbonyl (C=O) groups is 1. The van der Waals surface area contributed by atoms with E-state index in [4.69, 9.17) is 15.6 Å². The molecule has 0 saturated heterocycles. The number of aromatic nitrogens is 1. The fourth-order valence-corrected chi connectivity index (χ4v) is 2.20. The van der Waals surface area contributed by atoms with E-state index in [0.717, 1.165) is 25.7 Å². The minimum atomic E-state index is -0.488. The molecule has 2 rings (SSSR count). The third-order valence-corrected chi connectivity index (χ3v) is 3.36. The number of hydrogen-bond acceptors (Lipinski definition) is 4. The average molecular weight is 250 g/mol. The Bertz CT molecular complexity index is 397. The second-order valence-electron chi connectivity index (χ2n) is 4.69. The van der Waals surface area contributed by atoms with E-state index < -0.39 is 5.91 Å². The largest absolute Gasteiger partial charge is 0.474 e. The van der Waals surface area contributed by atoms with Crippen LogP contribution >= 0.6 is 0 Å². The third kappa shape index (κ3) is 3.20. The fraction of sp³-hybridized carbons (Fsp3) is 0.538. The van der Waals surface area contributed by atoms with Crippen molar-refractivity contribution in [2.24, 2.45) is 11.7 Å². The molecule has 18 heavy (non-hydrogen) atoms. The van der Waals surface area contributed by atoms with Crippen molar-refractivity contribution >= 4 is 5.91 Å². The molecule has 5 nitrogen and oxygen atoms in total. The smallest absolute Gasteiger partial charge is 0.250 e. The Morgan fingerprint density at radius 3 is 2.61 bits per heavy atom. The Morgan fingerprint density at radius 1 is 1.39 bits per heavy atom. The van der Waals surface area contributed by atoms with Gasteiger partial charge in [0.25, 0.3) is 0 Å². The van der Waals surface area contributed by atoms with Crippen molar-refractivity contribution in [1.82, 2.24) is 4.98 Å². The average Bonchev–Trinajstić information content (AvgIpc) is 2.40. The van der Waals surface area contributed by atoms with E-state index in [0.29, 0.717) is 17.4 Å². The number of pyridine rings is 1. The summed E-state index contributed by atoms with van der Waals surface area (Å²) in [7, 11) is 0. The lowest BCUT2D eigenvalue weighted by Crippen LogP contribution is -2.25. The number of aliphatic hydroxyl groups excluding tert-OH is 1. The van der Waals surface area contributed by atoms with Gasteiger partial charge in [-0.05, 0) is 37.7 Å². The van der Waals surface area contributed by atoms with E-state index in [-0.39, 0.29) is 12.7 Å². The van der Waals surface area contributed by atoms with Crippen LogP contribution in [0, 0.1) is 5.92 Å². The van der Waals surface area contributed by atoms with E-state index in [1.165, 1.54) is 6.20 Å². The molecule has 1 aliphatic rings. The van der Waals surface area contributed by atoms with Crippen molar-refractivity contribution in [3.8, 4) is 5.88 Å². The number of carbonyl (C=O) groups excluding carboxylic acids is 1. The minimum Gasteiger partial charge on any atom is -0.474 e. The highest BCUT2D eigenvalue weighted by Gasteiger charge is 2.22. The summed E-state index contributed by atoms with van der Waals surface area (Å²) < 4.78 is 5.74. The Balaban J connectivity index is 1.88. The van der Waals surface area contributed by atoms with Gasteiger partial charge in [0.2, 0.25) is 11.8 Å². The number of hydrogen-bond donors (Lipinski definition) is 2. The second-order valence-corrected chi connectivity index (χ2v) is 4.69. The maximum atomic E-state index is 10.9. The molecule has 5 heteroatoms. The number of nitrogens with zero attached hydrogens (tertiary/aromatic N) is 1. The maximum absolute atomic E-state index is 10.9. The molecule has 0 aromatic carbocycles. The molecule has 0 radical (unpaired) electrons. The highest BCUT2D eigenvalue weighted by Crippen LogP contribution is 2.26. The Hall–Kier alpha value is -1.62. The van der Waals surface area contributed by atoms with Gasteiger partial charge in [0, 0.05) is 18.9 Å². The lowest BCUT2D eigenvalue weighted by molar-refractivity contribution is 0.0993. The first-order valence-electron chi connectivity index (χ1n) is 6.22. The van der Waals surface area contributed by atoms with Crippen LogP contribution in [-0.2, 0) is 0 Å². The molecule has 98 valence electrons. The summed E-state index contributed by atoms with van der Waals surface area (Å²) in [6, 6.07) is 3.28. The zero-order valence-corrected chi connectivity index (χ0v) is 10.2. The number of nitrogens with two attached hydrogens (primary N) is 1. The zero-order valence-electron chi connectivity index (χ0n) is 10.2. The van der Waals surface area contributed by atoms with Crippen LogP contribution in [0.1, 0.15) is 36.0 Å². The molecule has 0 unspecified atom stereocenters. The molecular formula is C13H18N2O3.